The molecule has 0 radical (unpaired) electrons. The van der Waals surface area contributed by atoms with Gasteiger partial charge < -0.3 is 25.0 Å². The van der Waals surface area contributed by atoms with Crippen molar-refractivity contribution >= 4 is 29.0 Å². The molecule has 2 aromatic carbocycles. The van der Waals surface area contributed by atoms with E-state index in [0.29, 0.717) is 10.8 Å². The predicted molar refractivity (Wildman–Crippen MR) is 129 cm³/mol. The minimum Gasteiger partial charge on any atom is -0.506 e. The Bertz CT molecular complexity index is 1320. The van der Waals surface area contributed by atoms with E-state index < -0.39 is 5.97 Å². The van der Waals surface area contributed by atoms with Gasteiger partial charge in [-0.1, -0.05) is 18.2 Å². The molecule has 3 N–H and O–H groups in total. The number of hydrogen-bond acceptors (Lipinski definition) is 4. The first-order valence-electron chi connectivity index (χ1n) is 10.3. The smallest absolute Gasteiger partial charge is 0.335 e. The van der Waals surface area contributed by atoms with Crippen LogP contribution in [0.15, 0.2) is 91.3 Å². The topological polar surface area (TPSA) is 90.6 Å². The molecule has 2 atom stereocenters. The lowest BCUT2D eigenvalue weighted by atomic mass is 10.0. The number of phenols is 1. The molecule has 3 heterocycles. The van der Waals surface area contributed by atoms with Crippen molar-refractivity contribution in [2.75, 3.05) is 4.90 Å². The Hall–Kier alpha value is -4.17. The number of aromatic nitrogens is 2. The molecule has 164 valence electrons. The largest absolute Gasteiger partial charge is 0.506 e. The molecule has 33 heavy (non-hydrogen) atoms. The quantitative estimate of drug-likeness (QED) is 0.382. The fourth-order valence-electron chi connectivity index (χ4n) is 4.22. The van der Waals surface area contributed by atoms with Gasteiger partial charge in [0, 0.05) is 23.8 Å². The number of nitrogens with zero attached hydrogens (tertiary/aromatic N) is 3. The highest BCUT2D eigenvalue weighted by Crippen LogP contribution is 2.44. The molecular weight excluding hydrogens is 436 g/mol. The van der Waals surface area contributed by atoms with E-state index in [4.69, 9.17) is 12.2 Å². The van der Waals surface area contributed by atoms with Crippen molar-refractivity contribution in [1.29, 1.82) is 0 Å². The van der Waals surface area contributed by atoms with Gasteiger partial charge in [-0.05, 0) is 72.9 Å². The summed E-state index contributed by atoms with van der Waals surface area (Å²) in [7, 11) is 0. The van der Waals surface area contributed by atoms with Crippen molar-refractivity contribution in [3.63, 3.8) is 0 Å². The van der Waals surface area contributed by atoms with Gasteiger partial charge in [0.25, 0.3) is 0 Å². The standard InChI is InChI=1S/C25H20N4O3S/c30-21-9-2-1-7-19(21)29-23(22(27-25(29)33)18-6-3-4-14-26-18)20-8-5-15-28(20)17-12-10-16(11-13-17)24(31)32/h1-15,22-23,30H,(H,27,33)(H,31,32)/t22-,23+/m0/s1. The number of para-hydroxylation sites is 2. The minimum atomic E-state index is -0.972. The fraction of sp³-hybridized carbons (Fsp3) is 0.0800. The number of rotatable bonds is 5. The molecule has 1 fully saturated rings. The van der Waals surface area contributed by atoms with E-state index in [1.807, 2.05) is 58.1 Å². The molecule has 0 bridgehead atoms. The zero-order valence-electron chi connectivity index (χ0n) is 17.4. The Morgan fingerprint density at radius 3 is 2.42 bits per heavy atom. The molecule has 0 saturated carbocycles. The molecule has 0 amide bonds. The first-order chi connectivity index (χ1) is 16.0. The van der Waals surface area contributed by atoms with Crippen LogP contribution in [0.4, 0.5) is 5.69 Å². The van der Waals surface area contributed by atoms with Crippen LogP contribution in [-0.4, -0.2) is 30.8 Å². The number of aromatic hydroxyl groups is 1. The van der Waals surface area contributed by atoms with Gasteiger partial charge in [0.1, 0.15) is 11.8 Å². The van der Waals surface area contributed by atoms with E-state index in [-0.39, 0.29) is 23.4 Å². The number of phenolic OH excluding ortho intramolecular Hbond substituents is 1. The molecule has 1 aliphatic rings. The van der Waals surface area contributed by atoms with Crippen LogP contribution in [0, 0.1) is 0 Å². The van der Waals surface area contributed by atoms with Crippen LogP contribution in [0.3, 0.4) is 0 Å². The van der Waals surface area contributed by atoms with Gasteiger partial charge in [0.15, 0.2) is 5.11 Å². The highest BCUT2D eigenvalue weighted by Gasteiger charge is 2.42. The number of pyridine rings is 1. The molecule has 1 saturated heterocycles. The lowest BCUT2D eigenvalue weighted by Gasteiger charge is -2.29. The van der Waals surface area contributed by atoms with Gasteiger partial charge in [-0.25, -0.2) is 4.79 Å². The lowest BCUT2D eigenvalue weighted by Crippen LogP contribution is -2.30. The number of anilines is 1. The van der Waals surface area contributed by atoms with Crippen LogP contribution in [0.2, 0.25) is 0 Å². The van der Waals surface area contributed by atoms with E-state index in [0.717, 1.165) is 17.1 Å². The SMILES string of the molecule is O=C(O)c1ccc(-n2cccc2[C@@H]2[C@H](c3ccccn3)NC(=S)N2c2ccccc2O)cc1. The van der Waals surface area contributed by atoms with E-state index in [2.05, 4.69) is 10.3 Å². The minimum absolute atomic E-state index is 0.122. The maximum atomic E-state index is 11.3. The van der Waals surface area contributed by atoms with Gasteiger partial charge in [0.05, 0.1) is 23.0 Å². The predicted octanol–water partition coefficient (Wildman–Crippen LogP) is 4.45. The summed E-state index contributed by atoms with van der Waals surface area (Å²) in [5.74, 6) is -0.849. The Kier molecular flexibility index (Phi) is 5.27. The summed E-state index contributed by atoms with van der Waals surface area (Å²) in [5.41, 5.74) is 3.35. The first-order valence-corrected chi connectivity index (χ1v) is 10.7. The van der Waals surface area contributed by atoms with Crippen molar-refractivity contribution in [1.82, 2.24) is 14.9 Å². The van der Waals surface area contributed by atoms with Crippen LogP contribution in [-0.2, 0) is 0 Å². The fourth-order valence-corrected chi connectivity index (χ4v) is 4.56. The number of aromatic carboxylic acids is 1. The van der Waals surface area contributed by atoms with Gasteiger partial charge >= 0.3 is 5.97 Å². The van der Waals surface area contributed by atoms with Crippen LogP contribution in [0.1, 0.15) is 33.8 Å². The number of benzene rings is 2. The molecular formula is C25H20N4O3S. The molecule has 1 aliphatic heterocycles. The number of carbonyl (C=O) groups is 1. The third kappa shape index (κ3) is 3.70. The van der Waals surface area contributed by atoms with Crippen molar-refractivity contribution < 1.29 is 15.0 Å². The van der Waals surface area contributed by atoms with E-state index in [9.17, 15) is 15.0 Å². The van der Waals surface area contributed by atoms with Gasteiger partial charge in [-0.2, -0.15) is 0 Å². The van der Waals surface area contributed by atoms with Gasteiger partial charge in [-0.15, -0.1) is 0 Å². The Morgan fingerprint density at radius 2 is 1.73 bits per heavy atom. The number of nitrogens with one attached hydrogen (secondary N) is 1. The zero-order chi connectivity index (χ0) is 22.9. The Morgan fingerprint density at radius 1 is 0.970 bits per heavy atom. The summed E-state index contributed by atoms with van der Waals surface area (Å²) >= 11 is 5.72. The van der Waals surface area contributed by atoms with Crippen molar-refractivity contribution in [3.05, 3.63) is 108 Å². The maximum Gasteiger partial charge on any atom is 0.335 e. The third-order valence-corrected chi connectivity index (χ3v) is 6.03. The normalized spacial score (nSPS) is 17.7. The summed E-state index contributed by atoms with van der Waals surface area (Å²) in [6.07, 6.45) is 3.66. The Balaban J connectivity index is 1.65. The van der Waals surface area contributed by atoms with Crippen molar-refractivity contribution in [2.24, 2.45) is 0 Å². The summed E-state index contributed by atoms with van der Waals surface area (Å²) in [5, 5.41) is 23.7. The number of carboxylic acids is 1. The zero-order valence-corrected chi connectivity index (χ0v) is 18.2. The van der Waals surface area contributed by atoms with E-state index in [1.54, 1.807) is 42.6 Å². The van der Waals surface area contributed by atoms with Crippen LogP contribution in [0.5, 0.6) is 5.75 Å². The average Bonchev–Trinajstić information content (AvgIpc) is 3.44. The maximum absolute atomic E-state index is 11.3. The van der Waals surface area contributed by atoms with Gasteiger partial charge in [0.2, 0.25) is 0 Å². The number of carboxylic acid groups (broad SMARTS) is 1. The molecule has 4 aromatic rings. The van der Waals surface area contributed by atoms with Crippen molar-refractivity contribution in [2.45, 2.75) is 12.1 Å². The molecule has 0 unspecified atom stereocenters. The van der Waals surface area contributed by atoms with Crippen LogP contribution >= 0.6 is 12.2 Å². The Labute approximate surface area is 195 Å². The second kappa shape index (κ2) is 8.40. The third-order valence-electron chi connectivity index (χ3n) is 5.72. The first kappa shape index (κ1) is 20.7. The lowest BCUT2D eigenvalue weighted by molar-refractivity contribution is 0.0697. The molecule has 7 nitrogen and oxygen atoms in total. The molecule has 0 spiro atoms. The molecule has 5 rings (SSSR count). The summed E-state index contributed by atoms with van der Waals surface area (Å²) in [6.45, 7) is 0. The molecule has 0 aliphatic carbocycles. The second-order valence-corrected chi connectivity index (χ2v) is 8.03. The van der Waals surface area contributed by atoms with Crippen LogP contribution < -0.4 is 10.2 Å². The van der Waals surface area contributed by atoms with Gasteiger partial charge in [-0.3, -0.25) is 4.98 Å². The summed E-state index contributed by atoms with van der Waals surface area (Å²) in [6, 6.07) is 22.8. The summed E-state index contributed by atoms with van der Waals surface area (Å²) < 4.78 is 1.99. The highest BCUT2D eigenvalue weighted by molar-refractivity contribution is 7.80. The van der Waals surface area contributed by atoms with Crippen LogP contribution in [0.25, 0.3) is 5.69 Å². The highest BCUT2D eigenvalue weighted by atomic mass is 32.1. The summed E-state index contributed by atoms with van der Waals surface area (Å²) in [4.78, 5) is 17.7. The van der Waals surface area contributed by atoms with Crippen molar-refractivity contribution in [3.8, 4) is 11.4 Å². The second-order valence-electron chi connectivity index (χ2n) is 7.64. The number of hydrogen-bond donors (Lipinski definition) is 3. The average molecular weight is 457 g/mol. The number of thiocarbonyl (C=S) groups is 1. The molecule has 8 heteroatoms. The monoisotopic (exact) mass is 456 g/mol. The van der Waals surface area contributed by atoms with E-state index >= 15 is 0 Å². The van der Waals surface area contributed by atoms with E-state index in [1.165, 1.54) is 0 Å². The molecule has 2 aromatic heterocycles.